The van der Waals surface area contributed by atoms with Gasteiger partial charge in [0, 0.05) is 11.6 Å². The van der Waals surface area contributed by atoms with Crippen molar-refractivity contribution in [2.24, 2.45) is 0 Å². The molecule has 0 unspecified atom stereocenters. The topological polar surface area (TPSA) is 81.2 Å². The molecule has 7 heteroatoms. The average molecular weight is 373 g/mol. The van der Waals surface area contributed by atoms with Gasteiger partial charge in [0.05, 0.1) is 26.0 Å². The number of nitrogens with zero attached hydrogens (tertiary/aromatic N) is 1. The summed E-state index contributed by atoms with van der Waals surface area (Å²) in [5.74, 6) is -0.695. The monoisotopic (exact) mass is 373 g/mol. The van der Waals surface area contributed by atoms with E-state index in [4.69, 9.17) is 0 Å². The maximum atomic E-state index is 12.8. The molecule has 0 atom stereocenters. The third kappa shape index (κ3) is 3.33. The maximum Gasteiger partial charge on any atom is 0.203 e. The van der Waals surface area contributed by atoms with Gasteiger partial charge in [0.25, 0.3) is 0 Å². The minimum Gasteiger partial charge on any atom is -0.255 e. The number of benzene rings is 2. The molecule has 3 rings (SSSR count). The second-order valence-electron chi connectivity index (χ2n) is 5.45. The third-order valence-electron chi connectivity index (χ3n) is 3.72. The number of aromatic nitrogens is 1. The highest BCUT2D eigenvalue weighted by Gasteiger charge is 2.26. The van der Waals surface area contributed by atoms with Crippen LogP contribution in [0.2, 0.25) is 0 Å². The maximum absolute atomic E-state index is 12.8. The lowest BCUT2D eigenvalue weighted by molar-refractivity contribution is 0.593. The molecule has 0 radical (unpaired) electrons. The van der Waals surface area contributed by atoms with Crippen molar-refractivity contribution >= 4 is 30.6 Å². The van der Waals surface area contributed by atoms with Gasteiger partial charge in [-0.25, -0.2) is 16.8 Å². The summed E-state index contributed by atoms with van der Waals surface area (Å²) in [5, 5.41) is 0.667. The van der Waals surface area contributed by atoms with Crippen molar-refractivity contribution in [3.8, 4) is 0 Å². The van der Waals surface area contributed by atoms with Crippen LogP contribution in [0.1, 0.15) is 0 Å². The predicted octanol–water partition coefficient (Wildman–Crippen LogP) is 3.00. The molecule has 0 bridgehead atoms. The number of pyridine rings is 1. The minimum absolute atomic E-state index is 0.00462. The van der Waals surface area contributed by atoms with Crippen molar-refractivity contribution in [2.75, 3.05) is 5.75 Å². The summed E-state index contributed by atoms with van der Waals surface area (Å²) in [6.45, 7) is 3.51. The molecule has 0 aliphatic carbocycles. The van der Waals surface area contributed by atoms with Crippen LogP contribution in [0.4, 0.5) is 0 Å². The summed E-state index contributed by atoms with van der Waals surface area (Å²) in [6.07, 6.45) is 1.50. The average Bonchev–Trinajstić information content (AvgIpc) is 2.61. The van der Waals surface area contributed by atoms with E-state index in [9.17, 15) is 16.8 Å². The normalized spacial score (nSPS) is 12.2. The van der Waals surface area contributed by atoms with Crippen LogP contribution in [0, 0.1) is 0 Å². The van der Waals surface area contributed by atoms with Crippen LogP contribution >= 0.6 is 0 Å². The molecule has 0 saturated carbocycles. The van der Waals surface area contributed by atoms with E-state index in [2.05, 4.69) is 11.6 Å². The first kappa shape index (κ1) is 17.3. The van der Waals surface area contributed by atoms with Gasteiger partial charge in [-0.2, -0.15) is 0 Å². The molecule has 128 valence electrons. The lowest BCUT2D eigenvalue weighted by Crippen LogP contribution is -2.15. The predicted molar refractivity (Wildman–Crippen MR) is 96.6 cm³/mol. The van der Waals surface area contributed by atoms with Crippen molar-refractivity contribution in [2.45, 2.75) is 9.79 Å². The number of fused-ring (bicyclic) bond motifs is 1. The van der Waals surface area contributed by atoms with Crippen LogP contribution in [-0.4, -0.2) is 27.6 Å². The second-order valence-corrected chi connectivity index (χ2v) is 9.46. The zero-order valence-electron chi connectivity index (χ0n) is 13.2. The second kappa shape index (κ2) is 6.42. The Balaban J connectivity index is 2.00. The molecule has 0 aliphatic rings. The van der Waals surface area contributed by atoms with Crippen molar-refractivity contribution in [3.05, 3.63) is 78.3 Å². The highest BCUT2D eigenvalue weighted by molar-refractivity contribution is 7.98. The fraction of sp³-hybridized carbons (Fsp3) is 0.0556. The SMILES string of the molecule is C=C(CS(=O)(=O)c1cccc2cccnc12)S(=O)(=O)c1ccccc1. The molecule has 1 aromatic heterocycles. The molecule has 0 N–H and O–H groups in total. The molecule has 0 fully saturated rings. The fourth-order valence-corrected chi connectivity index (χ4v) is 5.73. The highest BCUT2D eigenvalue weighted by Crippen LogP contribution is 2.25. The molecule has 5 nitrogen and oxygen atoms in total. The number of sulfone groups is 2. The van der Waals surface area contributed by atoms with Crippen LogP contribution in [0.3, 0.4) is 0 Å². The molecule has 0 spiro atoms. The van der Waals surface area contributed by atoms with E-state index in [0.717, 1.165) is 0 Å². The highest BCUT2D eigenvalue weighted by atomic mass is 32.2. The zero-order valence-corrected chi connectivity index (χ0v) is 14.8. The van der Waals surface area contributed by atoms with Gasteiger partial charge in [0.2, 0.25) is 9.84 Å². The first-order chi connectivity index (χ1) is 11.8. The minimum atomic E-state index is -3.93. The molecule has 2 aromatic carbocycles. The van der Waals surface area contributed by atoms with Gasteiger partial charge >= 0.3 is 0 Å². The Labute approximate surface area is 146 Å². The van der Waals surface area contributed by atoms with Crippen molar-refractivity contribution in [3.63, 3.8) is 0 Å². The van der Waals surface area contributed by atoms with Gasteiger partial charge in [0.15, 0.2) is 9.84 Å². The van der Waals surface area contributed by atoms with Crippen molar-refractivity contribution in [1.82, 2.24) is 4.98 Å². The van der Waals surface area contributed by atoms with Gasteiger partial charge in [0.1, 0.15) is 0 Å². The van der Waals surface area contributed by atoms with Gasteiger partial charge in [-0.15, -0.1) is 0 Å². The Kier molecular flexibility index (Phi) is 4.45. The lowest BCUT2D eigenvalue weighted by Gasteiger charge is -2.10. The van der Waals surface area contributed by atoms with Crippen LogP contribution in [0.5, 0.6) is 0 Å². The van der Waals surface area contributed by atoms with Gasteiger partial charge in [-0.05, 0) is 24.3 Å². The lowest BCUT2D eigenvalue weighted by atomic mass is 10.2. The molecule has 1 heterocycles. The fourth-order valence-electron chi connectivity index (χ4n) is 2.46. The zero-order chi connectivity index (χ0) is 18.1. The summed E-state index contributed by atoms with van der Waals surface area (Å²) >= 11 is 0. The summed E-state index contributed by atoms with van der Waals surface area (Å²) < 4.78 is 50.6. The van der Waals surface area contributed by atoms with Gasteiger partial charge in [-0.3, -0.25) is 4.98 Å². The molecule has 25 heavy (non-hydrogen) atoms. The smallest absolute Gasteiger partial charge is 0.203 e. The largest absolute Gasteiger partial charge is 0.255 e. The summed E-state index contributed by atoms with van der Waals surface area (Å²) in [5.41, 5.74) is 0.315. The standard InChI is InChI=1S/C18H15NO4S2/c1-14(25(22,23)16-9-3-2-4-10-16)13-24(20,21)17-11-5-7-15-8-6-12-19-18(15)17/h2-12H,1,13H2. The van der Waals surface area contributed by atoms with Crippen LogP contribution in [0.25, 0.3) is 10.9 Å². The summed E-state index contributed by atoms with van der Waals surface area (Å²) in [7, 11) is -7.85. The first-order valence-corrected chi connectivity index (χ1v) is 10.5. The van der Waals surface area contributed by atoms with Gasteiger partial charge < -0.3 is 0 Å². The molecule has 0 saturated heterocycles. The van der Waals surface area contributed by atoms with Crippen LogP contribution in [-0.2, 0) is 19.7 Å². The van der Waals surface area contributed by atoms with Crippen molar-refractivity contribution < 1.29 is 16.8 Å². The Bertz CT molecular complexity index is 1150. The molecule has 0 aliphatic heterocycles. The van der Waals surface area contributed by atoms with E-state index in [1.807, 2.05) is 0 Å². The van der Waals surface area contributed by atoms with Crippen molar-refractivity contribution in [1.29, 1.82) is 0 Å². The first-order valence-electron chi connectivity index (χ1n) is 7.37. The number of rotatable bonds is 5. The van der Waals surface area contributed by atoms with Crippen LogP contribution in [0.15, 0.2) is 88.1 Å². The molecular formula is C18H15NO4S2. The summed E-state index contributed by atoms with van der Waals surface area (Å²) in [4.78, 5) is 3.76. The Morgan fingerprint density at radius 1 is 0.880 bits per heavy atom. The van der Waals surface area contributed by atoms with E-state index in [1.54, 1.807) is 42.5 Å². The van der Waals surface area contributed by atoms with E-state index in [1.165, 1.54) is 24.4 Å². The van der Waals surface area contributed by atoms with E-state index >= 15 is 0 Å². The Morgan fingerprint density at radius 2 is 1.56 bits per heavy atom. The Morgan fingerprint density at radius 3 is 2.28 bits per heavy atom. The van der Waals surface area contributed by atoms with E-state index < -0.39 is 25.4 Å². The van der Waals surface area contributed by atoms with Crippen LogP contribution < -0.4 is 0 Å². The van der Waals surface area contributed by atoms with E-state index in [-0.39, 0.29) is 14.7 Å². The number of hydrogen-bond acceptors (Lipinski definition) is 5. The Hall–Kier alpha value is -2.51. The number of para-hydroxylation sites is 1. The quantitative estimate of drug-likeness (QED) is 0.687. The molecule has 0 amide bonds. The third-order valence-corrected chi connectivity index (χ3v) is 7.42. The number of hydrogen-bond donors (Lipinski definition) is 0. The van der Waals surface area contributed by atoms with Gasteiger partial charge in [-0.1, -0.05) is 43.0 Å². The summed E-state index contributed by atoms with van der Waals surface area (Å²) in [6, 6.07) is 15.9. The molecular weight excluding hydrogens is 358 g/mol. The van der Waals surface area contributed by atoms with E-state index in [0.29, 0.717) is 10.9 Å². The molecule has 3 aromatic rings.